The van der Waals surface area contributed by atoms with Gasteiger partial charge in [0.05, 0.1) is 5.71 Å². The molecule has 0 fully saturated rings. The zero-order valence-electron chi connectivity index (χ0n) is 43.8. The minimum absolute atomic E-state index is 0.120. The van der Waals surface area contributed by atoms with Gasteiger partial charge in [0, 0.05) is 17.5 Å². The Hall–Kier alpha value is -9.37. The largest absolute Gasteiger partial charge is 0.360 e. The zero-order chi connectivity index (χ0) is 51.9. The molecule has 1 heterocycles. The minimum Gasteiger partial charge on any atom is -0.360 e. The van der Waals surface area contributed by atoms with Gasteiger partial charge in [0.1, 0.15) is 6.17 Å². The maximum Gasteiger partial charge on any atom is 0.145 e. The highest BCUT2D eigenvalue weighted by Crippen LogP contribution is 2.47. The van der Waals surface area contributed by atoms with Crippen LogP contribution in [0.5, 0.6) is 0 Å². The lowest BCUT2D eigenvalue weighted by molar-refractivity contribution is 0.672. The van der Waals surface area contributed by atoms with E-state index >= 15 is 0 Å². The lowest BCUT2D eigenvalue weighted by atomic mass is 9.83. The molecule has 14 rings (SSSR count). The van der Waals surface area contributed by atoms with Crippen LogP contribution in [-0.4, -0.2) is 5.71 Å². The first-order chi connectivity index (χ1) is 38.6. The van der Waals surface area contributed by atoms with E-state index in [0.29, 0.717) is 0 Å². The Balaban J connectivity index is 0.859. The van der Waals surface area contributed by atoms with Gasteiger partial charge in [-0.25, -0.2) is 0 Å². The molecule has 78 heavy (non-hydrogen) atoms. The lowest BCUT2D eigenvalue weighted by Crippen LogP contribution is -2.18. The van der Waals surface area contributed by atoms with Crippen LogP contribution in [0.3, 0.4) is 0 Å². The molecule has 1 N–H and O–H groups in total. The molecule has 0 saturated heterocycles. The fraction of sp³-hybridized carbons (Fsp3) is 0.0921. The molecule has 0 amide bonds. The molecule has 12 aromatic carbocycles. The molecule has 3 atom stereocenters. The number of aryl methyl sites for hydroxylation is 1. The second kappa shape index (κ2) is 20.3. The van der Waals surface area contributed by atoms with E-state index < -0.39 is 0 Å². The molecule has 0 aromatic heterocycles. The first-order valence-electron chi connectivity index (χ1n) is 27.7. The number of fused-ring (bicyclic) bond motifs is 9. The third kappa shape index (κ3) is 8.70. The van der Waals surface area contributed by atoms with Crippen molar-refractivity contribution in [1.82, 2.24) is 5.32 Å². The van der Waals surface area contributed by atoms with Crippen molar-refractivity contribution >= 4 is 43.7 Å². The molecule has 0 radical (unpaired) electrons. The van der Waals surface area contributed by atoms with Gasteiger partial charge in [-0.05, 0) is 159 Å². The van der Waals surface area contributed by atoms with Gasteiger partial charge >= 0.3 is 0 Å². The molecule has 12 aromatic rings. The van der Waals surface area contributed by atoms with Crippen molar-refractivity contribution in [2.75, 3.05) is 0 Å². The summed E-state index contributed by atoms with van der Waals surface area (Å²) < 4.78 is 0. The van der Waals surface area contributed by atoms with Gasteiger partial charge in [-0.15, -0.1) is 0 Å². The third-order valence-electron chi connectivity index (χ3n) is 16.7. The molecule has 2 aliphatic rings. The second-order valence-electron chi connectivity index (χ2n) is 21.2. The van der Waals surface area contributed by atoms with Gasteiger partial charge in [-0.3, -0.25) is 4.99 Å². The van der Waals surface area contributed by atoms with Gasteiger partial charge in [0.25, 0.3) is 0 Å². The average Bonchev–Trinajstić information content (AvgIpc) is 3.96. The van der Waals surface area contributed by atoms with Crippen LogP contribution in [0, 0.1) is 5.92 Å². The van der Waals surface area contributed by atoms with Crippen LogP contribution >= 0.6 is 0 Å². The van der Waals surface area contributed by atoms with E-state index in [-0.39, 0.29) is 18.0 Å². The summed E-state index contributed by atoms with van der Waals surface area (Å²) in [5, 5.41) is 11.6. The van der Waals surface area contributed by atoms with E-state index in [1.165, 1.54) is 105 Å². The number of benzene rings is 12. The molecule has 1 aliphatic carbocycles. The number of allylic oxidation sites excluding steroid dienone is 1. The van der Waals surface area contributed by atoms with E-state index in [9.17, 15) is 0 Å². The van der Waals surface area contributed by atoms with E-state index in [1.54, 1.807) is 0 Å². The maximum atomic E-state index is 5.56. The molecule has 3 unspecified atom stereocenters. The quantitative estimate of drug-likeness (QED) is 0.143. The average molecular weight is 999 g/mol. The Morgan fingerprint density at radius 1 is 0.385 bits per heavy atom. The minimum atomic E-state index is -0.278. The van der Waals surface area contributed by atoms with E-state index in [4.69, 9.17) is 4.99 Å². The number of nitrogens with one attached hydrogen (secondary N) is 1. The van der Waals surface area contributed by atoms with Gasteiger partial charge in [-0.1, -0.05) is 262 Å². The summed E-state index contributed by atoms with van der Waals surface area (Å²) in [5.41, 5.74) is 22.2. The summed E-state index contributed by atoms with van der Waals surface area (Å²) in [6.07, 6.45) is 5.15. The van der Waals surface area contributed by atoms with Crippen molar-refractivity contribution in [3.8, 4) is 55.6 Å². The van der Waals surface area contributed by atoms with Crippen LogP contribution in [0.25, 0.3) is 93.6 Å². The summed E-state index contributed by atoms with van der Waals surface area (Å²) in [6.45, 7) is 2.27. The first-order valence-corrected chi connectivity index (χ1v) is 27.7. The fourth-order valence-corrected chi connectivity index (χ4v) is 12.7. The molecular formula is C76H58N2. The number of aliphatic imine (C=N–C) groups is 1. The Morgan fingerprint density at radius 2 is 0.910 bits per heavy atom. The molecular weight excluding hydrogens is 941 g/mol. The fourth-order valence-electron chi connectivity index (χ4n) is 12.7. The lowest BCUT2D eigenvalue weighted by Gasteiger charge is -2.21. The highest BCUT2D eigenvalue weighted by molar-refractivity contribution is 6.29. The summed E-state index contributed by atoms with van der Waals surface area (Å²) in [7, 11) is 0. The highest BCUT2D eigenvalue weighted by Gasteiger charge is 2.27. The Kier molecular flexibility index (Phi) is 12.3. The van der Waals surface area contributed by atoms with E-state index in [0.717, 1.165) is 47.4 Å². The number of rotatable bonds is 9. The molecule has 372 valence electrons. The number of nitrogens with zero attached hydrogens (tertiary/aromatic N) is 1. The van der Waals surface area contributed by atoms with Crippen molar-refractivity contribution in [1.29, 1.82) is 0 Å². The standard InChI is InChI=1S/C76H58N2/c1-2-50-49-73(77-76(78-75(50)57-23-10-5-11-24-57)58-38-34-54(35-39-58)52-20-8-4-9-21-52)62-26-16-25-59(46-62)60-41-45-70-72(47-60)67-29-15-14-28-66(67)69-31-17-30-65(74(69)70)61-42-44-68-64(43-40-55-22-12-13-27-63(55)71(68)48-61)56-36-32-53(33-37-56)51-18-6-3-7-19-51/h3-39,41-42,44-50,64,76-77H,2,40,43H2,1H3. The van der Waals surface area contributed by atoms with Crippen LogP contribution in [0.1, 0.15) is 65.2 Å². The Bertz CT molecular complexity index is 4250. The van der Waals surface area contributed by atoms with Gasteiger partial charge < -0.3 is 5.32 Å². The van der Waals surface area contributed by atoms with Crippen molar-refractivity contribution in [2.45, 2.75) is 38.3 Å². The van der Waals surface area contributed by atoms with Crippen molar-refractivity contribution in [3.63, 3.8) is 0 Å². The highest BCUT2D eigenvalue weighted by atomic mass is 15.1. The van der Waals surface area contributed by atoms with Crippen LogP contribution in [0.15, 0.2) is 278 Å². The topological polar surface area (TPSA) is 24.4 Å². The van der Waals surface area contributed by atoms with Crippen molar-refractivity contribution in [2.24, 2.45) is 10.9 Å². The smallest absolute Gasteiger partial charge is 0.145 e. The number of hydrogen-bond acceptors (Lipinski definition) is 2. The zero-order valence-corrected chi connectivity index (χ0v) is 43.8. The molecule has 2 heteroatoms. The monoisotopic (exact) mass is 998 g/mol. The summed E-state index contributed by atoms with van der Waals surface area (Å²) in [4.78, 5) is 5.56. The normalized spacial score (nSPS) is 16.1. The third-order valence-corrected chi connectivity index (χ3v) is 16.7. The van der Waals surface area contributed by atoms with E-state index in [1.807, 2.05) is 0 Å². The predicted octanol–water partition coefficient (Wildman–Crippen LogP) is 19.7. The van der Waals surface area contributed by atoms with Crippen LogP contribution < -0.4 is 5.32 Å². The molecule has 0 spiro atoms. The Morgan fingerprint density at radius 3 is 1.63 bits per heavy atom. The Labute approximate surface area is 457 Å². The summed E-state index contributed by atoms with van der Waals surface area (Å²) in [5.74, 6) is 0.400. The molecule has 0 bridgehead atoms. The van der Waals surface area contributed by atoms with Gasteiger partial charge in [0.2, 0.25) is 0 Å². The van der Waals surface area contributed by atoms with Crippen LogP contribution in [-0.2, 0) is 6.42 Å². The van der Waals surface area contributed by atoms with Crippen molar-refractivity contribution < 1.29 is 0 Å². The van der Waals surface area contributed by atoms with Gasteiger partial charge in [0.15, 0.2) is 0 Å². The summed E-state index contributed by atoms with van der Waals surface area (Å²) in [6, 6.07) is 98.8. The first kappa shape index (κ1) is 47.1. The number of hydrogen-bond donors (Lipinski definition) is 1. The predicted molar refractivity (Wildman–Crippen MR) is 330 cm³/mol. The van der Waals surface area contributed by atoms with Gasteiger partial charge in [-0.2, -0.15) is 0 Å². The molecule has 2 nitrogen and oxygen atoms in total. The molecule has 1 aliphatic heterocycles. The SMILES string of the molecule is CCC1C=C(c2cccc(-c3ccc4c(c3)c3ccccc3c3cccc(-c5ccc6c(c5)-c5ccccc5CCC6c5ccc(-c6ccccc6)cc5)c34)c2)NC(c2ccc(-c3ccccc3)cc2)N=C1c1ccccc1. The van der Waals surface area contributed by atoms with Crippen LogP contribution in [0.2, 0.25) is 0 Å². The van der Waals surface area contributed by atoms with E-state index in [2.05, 4.69) is 285 Å². The summed E-state index contributed by atoms with van der Waals surface area (Å²) >= 11 is 0. The van der Waals surface area contributed by atoms with Crippen LogP contribution in [0.4, 0.5) is 0 Å². The second-order valence-corrected chi connectivity index (χ2v) is 21.2. The maximum absolute atomic E-state index is 5.56. The van der Waals surface area contributed by atoms with Crippen molar-refractivity contribution in [3.05, 3.63) is 306 Å². The molecule has 0 saturated carbocycles.